The fourth-order valence-electron chi connectivity index (χ4n) is 3.77. The number of anilines is 1. The highest BCUT2D eigenvalue weighted by Gasteiger charge is 2.37. The Bertz CT molecular complexity index is 812. The highest BCUT2D eigenvalue weighted by molar-refractivity contribution is 8.18. The van der Waals surface area contributed by atoms with E-state index in [0.29, 0.717) is 18.0 Å². The van der Waals surface area contributed by atoms with E-state index in [4.69, 9.17) is 4.74 Å². The molecule has 0 unspecified atom stereocenters. The lowest BCUT2D eigenvalue weighted by atomic mass is 10.1. The number of piperidine rings is 1. The fraction of sp³-hybridized carbons (Fsp3) is 0.476. The number of likely N-dealkylation sites (tertiary alicyclic amines) is 1. The highest BCUT2D eigenvalue weighted by atomic mass is 32.2. The summed E-state index contributed by atoms with van der Waals surface area (Å²) < 4.78 is 5.38. The highest BCUT2D eigenvalue weighted by Crippen LogP contribution is 2.32. The van der Waals surface area contributed by atoms with Gasteiger partial charge in [-0.25, -0.2) is 0 Å². The summed E-state index contributed by atoms with van der Waals surface area (Å²) in [5.74, 6) is -0.536. The van der Waals surface area contributed by atoms with Crippen LogP contribution in [0.3, 0.4) is 0 Å². The van der Waals surface area contributed by atoms with E-state index in [1.807, 2.05) is 24.3 Å². The van der Waals surface area contributed by atoms with Gasteiger partial charge in [-0.3, -0.25) is 19.3 Å². The van der Waals surface area contributed by atoms with Crippen LogP contribution >= 0.6 is 11.8 Å². The molecule has 3 heterocycles. The Morgan fingerprint density at radius 3 is 2.38 bits per heavy atom. The number of hydrogen-bond acceptors (Lipinski definition) is 6. The molecule has 0 radical (unpaired) electrons. The Hall–Kier alpha value is -2.32. The topological polar surface area (TPSA) is 70.2 Å². The van der Waals surface area contributed by atoms with Crippen molar-refractivity contribution in [2.75, 3.05) is 50.8 Å². The molecule has 3 aliphatic rings. The molecule has 0 spiro atoms. The average molecular weight is 416 g/mol. The molecular formula is C21H25N3O4S. The molecule has 3 amide bonds. The zero-order valence-corrected chi connectivity index (χ0v) is 17.2. The molecule has 7 nitrogen and oxygen atoms in total. The van der Waals surface area contributed by atoms with Gasteiger partial charge >= 0.3 is 0 Å². The second-order valence-corrected chi connectivity index (χ2v) is 8.39. The van der Waals surface area contributed by atoms with E-state index >= 15 is 0 Å². The number of imide groups is 1. The van der Waals surface area contributed by atoms with Crippen LogP contribution in [-0.4, -0.2) is 72.8 Å². The van der Waals surface area contributed by atoms with Crippen molar-refractivity contribution < 1.29 is 19.1 Å². The summed E-state index contributed by atoms with van der Waals surface area (Å²) in [5, 5.41) is -0.378. The van der Waals surface area contributed by atoms with Crippen LogP contribution in [0.25, 0.3) is 6.08 Å². The Morgan fingerprint density at radius 2 is 1.69 bits per heavy atom. The van der Waals surface area contributed by atoms with E-state index in [1.54, 1.807) is 11.0 Å². The number of amides is 3. The Balaban J connectivity index is 1.41. The SMILES string of the molecule is O=C(CN1C(=O)S/C(=C\c2ccc(N3CCOCC3)cc2)C1=O)N1CCCCC1. The molecule has 29 heavy (non-hydrogen) atoms. The van der Waals surface area contributed by atoms with Crippen molar-refractivity contribution in [3.8, 4) is 0 Å². The minimum Gasteiger partial charge on any atom is -0.378 e. The predicted octanol–water partition coefficient (Wildman–Crippen LogP) is 2.57. The van der Waals surface area contributed by atoms with Crippen molar-refractivity contribution in [3.05, 3.63) is 34.7 Å². The van der Waals surface area contributed by atoms with Crippen LogP contribution in [0.4, 0.5) is 10.5 Å². The maximum absolute atomic E-state index is 12.7. The summed E-state index contributed by atoms with van der Waals surface area (Å²) in [5.41, 5.74) is 1.97. The molecule has 3 saturated heterocycles. The van der Waals surface area contributed by atoms with Crippen LogP contribution in [0.1, 0.15) is 24.8 Å². The van der Waals surface area contributed by atoms with Crippen molar-refractivity contribution >= 4 is 40.6 Å². The van der Waals surface area contributed by atoms with Crippen molar-refractivity contribution in [1.29, 1.82) is 0 Å². The standard InChI is InChI=1S/C21H25N3O4S/c25-19(23-8-2-1-3-9-23)15-24-20(26)18(29-21(24)27)14-16-4-6-17(7-5-16)22-10-12-28-13-11-22/h4-7,14H,1-3,8-13,15H2/b18-14-. The van der Waals surface area contributed by atoms with Crippen LogP contribution in [-0.2, 0) is 14.3 Å². The first-order chi connectivity index (χ1) is 14.1. The molecule has 0 aromatic heterocycles. The molecule has 4 rings (SSSR count). The summed E-state index contributed by atoms with van der Waals surface area (Å²) in [6, 6.07) is 7.91. The number of hydrogen-bond donors (Lipinski definition) is 0. The number of carbonyl (C=O) groups is 3. The van der Waals surface area contributed by atoms with Gasteiger partial charge < -0.3 is 14.5 Å². The molecular weight excluding hydrogens is 390 g/mol. The maximum atomic E-state index is 12.7. The largest absolute Gasteiger partial charge is 0.378 e. The molecule has 3 fully saturated rings. The normalized spacial score (nSPS) is 21.9. The van der Waals surface area contributed by atoms with Crippen molar-refractivity contribution in [2.45, 2.75) is 19.3 Å². The lowest BCUT2D eigenvalue weighted by Crippen LogP contribution is -2.44. The van der Waals surface area contributed by atoms with E-state index in [1.165, 1.54) is 0 Å². The minimum atomic E-state index is -0.386. The first-order valence-electron chi connectivity index (χ1n) is 10.1. The third-order valence-corrected chi connectivity index (χ3v) is 6.35. The number of thioether (sulfide) groups is 1. The van der Waals surface area contributed by atoms with Crippen LogP contribution in [0, 0.1) is 0 Å². The van der Waals surface area contributed by atoms with E-state index in [9.17, 15) is 14.4 Å². The van der Waals surface area contributed by atoms with Gasteiger partial charge in [0, 0.05) is 31.9 Å². The third-order valence-electron chi connectivity index (χ3n) is 5.44. The fourth-order valence-corrected chi connectivity index (χ4v) is 4.61. The summed E-state index contributed by atoms with van der Waals surface area (Å²) >= 11 is 0.898. The smallest absolute Gasteiger partial charge is 0.294 e. The number of morpholine rings is 1. The predicted molar refractivity (Wildman–Crippen MR) is 113 cm³/mol. The quantitative estimate of drug-likeness (QED) is 0.704. The van der Waals surface area contributed by atoms with Gasteiger partial charge in [0.2, 0.25) is 5.91 Å². The van der Waals surface area contributed by atoms with Crippen molar-refractivity contribution in [1.82, 2.24) is 9.80 Å². The molecule has 0 N–H and O–H groups in total. The van der Waals surface area contributed by atoms with Crippen LogP contribution in [0.15, 0.2) is 29.2 Å². The number of ether oxygens (including phenoxy) is 1. The molecule has 8 heteroatoms. The van der Waals surface area contributed by atoms with Gasteiger partial charge in [-0.15, -0.1) is 0 Å². The van der Waals surface area contributed by atoms with Gasteiger partial charge in [0.1, 0.15) is 6.54 Å². The first kappa shape index (κ1) is 20.0. The molecule has 154 valence electrons. The summed E-state index contributed by atoms with van der Waals surface area (Å²) in [6.07, 6.45) is 4.81. The Morgan fingerprint density at radius 1 is 1.00 bits per heavy atom. The second kappa shape index (κ2) is 9.00. The Labute approximate surface area is 174 Å². The molecule has 0 aliphatic carbocycles. The van der Waals surface area contributed by atoms with Crippen molar-refractivity contribution in [3.63, 3.8) is 0 Å². The van der Waals surface area contributed by atoms with E-state index in [-0.39, 0.29) is 23.6 Å². The monoisotopic (exact) mass is 415 g/mol. The number of carbonyl (C=O) groups excluding carboxylic acids is 3. The molecule has 0 saturated carbocycles. The van der Waals surface area contributed by atoms with Crippen LogP contribution in [0.5, 0.6) is 0 Å². The number of benzene rings is 1. The van der Waals surface area contributed by atoms with Crippen LogP contribution in [0.2, 0.25) is 0 Å². The van der Waals surface area contributed by atoms with Crippen molar-refractivity contribution in [2.24, 2.45) is 0 Å². The third kappa shape index (κ3) is 4.64. The molecule has 3 aliphatic heterocycles. The zero-order valence-electron chi connectivity index (χ0n) is 16.3. The van der Waals surface area contributed by atoms with E-state index < -0.39 is 0 Å². The molecule has 0 bridgehead atoms. The maximum Gasteiger partial charge on any atom is 0.294 e. The summed E-state index contributed by atoms with van der Waals surface area (Å²) in [4.78, 5) is 42.8. The summed E-state index contributed by atoms with van der Waals surface area (Å²) in [6.45, 7) is 4.43. The van der Waals surface area contributed by atoms with E-state index in [2.05, 4.69) is 4.90 Å². The molecule has 1 aromatic carbocycles. The van der Waals surface area contributed by atoms with Gasteiger partial charge in [-0.2, -0.15) is 0 Å². The Kier molecular flexibility index (Phi) is 6.20. The van der Waals surface area contributed by atoms with E-state index in [0.717, 1.165) is 73.5 Å². The van der Waals surface area contributed by atoms with Gasteiger partial charge in [-0.1, -0.05) is 12.1 Å². The number of nitrogens with zero attached hydrogens (tertiary/aromatic N) is 3. The molecule has 0 atom stereocenters. The number of rotatable bonds is 4. The second-order valence-electron chi connectivity index (χ2n) is 7.40. The van der Waals surface area contributed by atoms with Crippen LogP contribution < -0.4 is 4.90 Å². The zero-order chi connectivity index (χ0) is 20.2. The van der Waals surface area contributed by atoms with Gasteiger partial charge in [0.25, 0.3) is 11.1 Å². The van der Waals surface area contributed by atoms with Gasteiger partial charge in [0.15, 0.2) is 0 Å². The van der Waals surface area contributed by atoms with Gasteiger partial charge in [-0.05, 0) is 54.8 Å². The first-order valence-corrected chi connectivity index (χ1v) is 10.9. The lowest BCUT2D eigenvalue weighted by Gasteiger charge is -2.28. The average Bonchev–Trinajstić information content (AvgIpc) is 3.03. The molecule has 1 aromatic rings. The summed E-state index contributed by atoms with van der Waals surface area (Å²) in [7, 11) is 0. The van der Waals surface area contributed by atoms with Gasteiger partial charge in [0.05, 0.1) is 18.1 Å². The lowest BCUT2D eigenvalue weighted by molar-refractivity contribution is -0.136. The minimum absolute atomic E-state index is 0.150.